The lowest BCUT2D eigenvalue weighted by molar-refractivity contribution is -0.123. The van der Waals surface area contributed by atoms with Gasteiger partial charge in [-0.1, -0.05) is 24.3 Å². The molecule has 0 radical (unpaired) electrons. The first-order valence-electron chi connectivity index (χ1n) is 6.68. The third kappa shape index (κ3) is 5.35. The normalized spacial score (nSPS) is 9.78. The summed E-state index contributed by atoms with van der Waals surface area (Å²) < 4.78 is 5.39. The molecule has 0 spiro atoms. The molecular weight excluding hydrogens is 334 g/mol. The van der Waals surface area contributed by atoms with E-state index >= 15 is 0 Å². The maximum Gasteiger partial charge on any atom is 0.276 e. The van der Waals surface area contributed by atoms with Crippen LogP contribution in [0.15, 0.2) is 41.8 Å². The van der Waals surface area contributed by atoms with E-state index in [1.165, 1.54) is 11.3 Å². The van der Waals surface area contributed by atoms with Gasteiger partial charge in [0.15, 0.2) is 11.7 Å². The average molecular weight is 349 g/mol. The minimum absolute atomic E-state index is 0.00708. The van der Waals surface area contributed by atoms with E-state index in [9.17, 15) is 9.59 Å². The van der Waals surface area contributed by atoms with Gasteiger partial charge in [0.25, 0.3) is 11.8 Å². The van der Waals surface area contributed by atoms with Crippen LogP contribution in [-0.4, -0.2) is 23.5 Å². The molecule has 0 aliphatic rings. The fourth-order valence-electron chi connectivity index (χ4n) is 1.63. The third-order valence-electron chi connectivity index (χ3n) is 2.74. The van der Waals surface area contributed by atoms with E-state index in [0.717, 1.165) is 5.56 Å². The lowest BCUT2D eigenvalue weighted by Crippen LogP contribution is -2.49. The van der Waals surface area contributed by atoms with Gasteiger partial charge < -0.3 is 4.74 Å². The average Bonchev–Trinajstić information content (AvgIpc) is 3.06. The molecule has 0 atom stereocenters. The molecule has 1 aromatic heterocycles. The Morgan fingerprint density at radius 1 is 1.17 bits per heavy atom. The number of para-hydroxylation sites is 1. The number of carbonyl (C=O) groups is 2. The molecule has 0 aliphatic carbocycles. The number of carbonyl (C=O) groups excluding carboxylic acids is 2. The van der Waals surface area contributed by atoms with Crippen LogP contribution in [0.25, 0.3) is 0 Å². The third-order valence-corrected chi connectivity index (χ3v) is 3.81. The van der Waals surface area contributed by atoms with E-state index in [2.05, 4.69) is 16.2 Å². The molecule has 0 saturated carbocycles. The number of nitrogens with one attached hydrogen (secondary N) is 3. The molecule has 1 heterocycles. The molecule has 2 rings (SSSR count). The molecule has 23 heavy (non-hydrogen) atoms. The summed E-state index contributed by atoms with van der Waals surface area (Å²) in [5.41, 5.74) is 5.74. The predicted molar refractivity (Wildman–Crippen MR) is 92.3 cm³/mol. The Morgan fingerprint density at radius 2 is 1.96 bits per heavy atom. The van der Waals surface area contributed by atoms with Crippen LogP contribution in [0.4, 0.5) is 0 Å². The number of thiocarbonyl (C=S) groups is 1. The van der Waals surface area contributed by atoms with Crippen molar-refractivity contribution in [3.63, 3.8) is 0 Å². The number of ether oxygens (including phenoxy) is 1. The van der Waals surface area contributed by atoms with Crippen LogP contribution in [0, 0.1) is 6.92 Å². The highest BCUT2D eigenvalue weighted by Gasteiger charge is 2.09. The second kappa shape index (κ2) is 8.25. The Kier molecular flexibility index (Phi) is 6.07. The van der Waals surface area contributed by atoms with Crippen molar-refractivity contribution in [2.45, 2.75) is 6.92 Å². The summed E-state index contributed by atoms with van der Waals surface area (Å²) >= 11 is 6.22. The molecule has 1 aromatic carbocycles. The Balaban J connectivity index is 1.71. The van der Waals surface area contributed by atoms with Crippen LogP contribution in [-0.2, 0) is 4.79 Å². The van der Waals surface area contributed by atoms with Gasteiger partial charge >= 0.3 is 0 Å². The second-order valence-corrected chi connectivity index (χ2v) is 5.84. The first-order valence-corrected chi connectivity index (χ1v) is 7.97. The molecule has 6 nitrogen and oxygen atoms in total. The Labute approximate surface area is 142 Å². The van der Waals surface area contributed by atoms with Gasteiger partial charge in [-0.25, -0.2) is 0 Å². The van der Waals surface area contributed by atoms with Gasteiger partial charge in [-0.15, -0.1) is 11.3 Å². The van der Waals surface area contributed by atoms with Crippen LogP contribution in [0.2, 0.25) is 0 Å². The maximum atomic E-state index is 11.7. The van der Waals surface area contributed by atoms with E-state index in [1.807, 2.05) is 25.1 Å². The van der Waals surface area contributed by atoms with Gasteiger partial charge in [0, 0.05) is 0 Å². The molecule has 0 fully saturated rings. The zero-order valence-electron chi connectivity index (χ0n) is 12.3. The summed E-state index contributed by atoms with van der Waals surface area (Å²) in [6, 6.07) is 10.8. The molecular formula is C15H15N3O3S2. The standard InChI is InChI=1S/C15H15N3O3S2/c1-10-5-2-3-6-11(10)21-9-13(19)17-18-15(22)16-14(20)12-7-4-8-23-12/h2-8H,9H2,1H3,(H,17,19)(H2,16,18,20,22). The molecule has 0 saturated heterocycles. The summed E-state index contributed by atoms with van der Waals surface area (Å²) in [4.78, 5) is 24.0. The van der Waals surface area contributed by atoms with Gasteiger partial charge in [0.05, 0.1) is 4.88 Å². The van der Waals surface area contributed by atoms with Crippen molar-refractivity contribution in [1.29, 1.82) is 0 Å². The zero-order valence-corrected chi connectivity index (χ0v) is 13.9. The van der Waals surface area contributed by atoms with E-state index in [4.69, 9.17) is 17.0 Å². The van der Waals surface area contributed by atoms with Crippen LogP contribution in [0.5, 0.6) is 5.75 Å². The zero-order chi connectivity index (χ0) is 16.7. The highest BCUT2D eigenvalue weighted by Crippen LogP contribution is 2.15. The van der Waals surface area contributed by atoms with Crippen molar-refractivity contribution in [1.82, 2.24) is 16.2 Å². The van der Waals surface area contributed by atoms with E-state index < -0.39 is 5.91 Å². The monoisotopic (exact) mass is 349 g/mol. The first kappa shape index (κ1) is 16.9. The number of aryl methyl sites for hydroxylation is 1. The van der Waals surface area contributed by atoms with Gasteiger partial charge in [-0.05, 0) is 42.2 Å². The van der Waals surface area contributed by atoms with Crippen molar-refractivity contribution in [2.24, 2.45) is 0 Å². The highest BCUT2D eigenvalue weighted by atomic mass is 32.1. The minimum atomic E-state index is -0.416. The molecule has 8 heteroatoms. The molecule has 0 aliphatic heterocycles. The summed E-state index contributed by atoms with van der Waals surface area (Å²) in [6.45, 7) is 1.72. The lowest BCUT2D eigenvalue weighted by Gasteiger charge is -2.11. The largest absolute Gasteiger partial charge is 0.483 e. The molecule has 120 valence electrons. The second-order valence-electron chi connectivity index (χ2n) is 4.49. The quantitative estimate of drug-likeness (QED) is 0.579. The van der Waals surface area contributed by atoms with Crippen molar-refractivity contribution in [2.75, 3.05) is 6.61 Å². The Hall–Kier alpha value is -2.45. The van der Waals surface area contributed by atoms with E-state index in [0.29, 0.717) is 10.6 Å². The van der Waals surface area contributed by atoms with Crippen molar-refractivity contribution < 1.29 is 14.3 Å². The lowest BCUT2D eigenvalue weighted by atomic mass is 10.2. The smallest absolute Gasteiger partial charge is 0.276 e. The van der Waals surface area contributed by atoms with Gasteiger partial charge in [-0.2, -0.15) is 0 Å². The fourth-order valence-corrected chi connectivity index (χ4v) is 2.39. The van der Waals surface area contributed by atoms with Crippen LogP contribution in [0.3, 0.4) is 0 Å². The van der Waals surface area contributed by atoms with Gasteiger partial charge in [-0.3, -0.25) is 25.8 Å². The van der Waals surface area contributed by atoms with E-state index in [1.54, 1.807) is 23.6 Å². The van der Waals surface area contributed by atoms with Crippen molar-refractivity contribution in [3.05, 3.63) is 52.2 Å². The number of amides is 2. The number of hydrazine groups is 1. The molecule has 0 bridgehead atoms. The summed E-state index contributed by atoms with van der Waals surface area (Å²) in [6.07, 6.45) is 0. The molecule has 2 aromatic rings. The van der Waals surface area contributed by atoms with Crippen LogP contribution >= 0.6 is 23.6 Å². The van der Waals surface area contributed by atoms with Gasteiger partial charge in [0.2, 0.25) is 0 Å². The number of thiophene rings is 1. The maximum absolute atomic E-state index is 11.7. The predicted octanol–water partition coefficient (Wildman–Crippen LogP) is 1.77. The van der Waals surface area contributed by atoms with Crippen molar-refractivity contribution >= 4 is 40.5 Å². The van der Waals surface area contributed by atoms with E-state index in [-0.39, 0.29) is 17.6 Å². The highest BCUT2D eigenvalue weighted by molar-refractivity contribution is 7.80. The number of rotatable bonds is 4. The van der Waals surface area contributed by atoms with Crippen LogP contribution in [0.1, 0.15) is 15.2 Å². The first-order chi connectivity index (χ1) is 11.1. The SMILES string of the molecule is Cc1ccccc1OCC(=O)NNC(=S)NC(=O)c1cccs1. The van der Waals surface area contributed by atoms with Crippen molar-refractivity contribution in [3.8, 4) is 5.75 Å². The summed E-state index contributed by atoms with van der Waals surface area (Å²) in [7, 11) is 0. The van der Waals surface area contributed by atoms with Crippen LogP contribution < -0.4 is 20.9 Å². The minimum Gasteiger partial charge on any atom is -0.483 e. The number of hydrogen-bond acceptors (Lipinski definition) is 5. The fraction of sp³-hybridized carbons (Fsp3) is 0.133. The number of benzene rings is 1. The Morgan fingerprint density at radius 3 is 2.65 bits per heavy atom. The molecule has 2 amide bonds. The molecule has 0 unspecified atom stereocenters. The summed E-state index contributed by atoms with van der Waals surface area (Å²) in [5.74, 6) is -0.111. The number of hydrogen-bond donors (Lipinski definition) is 3. The molecule has 3 N–H and O–H groups in total. The topological polar surface area (TPSA) is 79.5 Å². The summed E-state index contributed by atoms with van der Waals surface area (Å²) in [5, 5.41) is 4.25. The van der Waals surface area contributed by atoms with Gasteiger partial charge in [0.1, 0.15) is 5.75 Å². The Bertz CT molecular complexity index is 702.